The Morgan fingerprint density at radius 2 is 1.86 bits per heavy atom. The molecule has 3 amide bonds. The van der Waals surface area contributed by atoms with Gasteiger partial charge in [-0.25, -0.2) is 4.79 Å². The number of aryl methyl sites for hydroxylation is 2. The Labute approximate surface area is 206 Å². The molecule has 0 aliphatic carbocycles. The second kappa shape index (κ2) is 13.3. The van der Waals surface area contributed by atoms with E-state index in [2.05, 4.69) is 16.7 Å². The minimum atomic E-state index is -1.46. The van der Waals surface area contributed by atoms with Crippen molar-refractivity contribution in [2.75, 3.05) is 19.8 Å². The van der Waals surface area contributed by atoms with E-state index in [4.69, 9.17) is 15.9 Å². The van der Waals surface area contributed by atoms with Crippen molar-refractivity contribution in [2.45, 2.75) is 65.6 Å². The Morgan fingerprint density at radius 3 is 2.37 bits per heavy atom. The third-order valence-electron chi connectivity index (χ3n) is 4.71. The van der Waals surface area contributed by atoms with E-state index >= 15 is 0 Å². The van der Waals surface area contributed by atoms with Crippen LogP contribution in [0.5, 0.6) is 0 Å². The summed E-state index contributed by atoms with van der Waals surface area (Å²) in [7, 11) is 0. The van der Waals surface area contributed by atoms with Gasteiger partial charge in [-0.05, 0) is 52.7 Å². The molecule has 0 aromatic heterocycles. The second-order valence-electron chi connectivity index (χ2n) is 8.83. The van der Waals surface area contributed by atoms with Crippen LogP contribution in [0.1, 0.15) is 56.8 Å². The molecule has 1 aromatic rings. The quantitative estimate of drug-likeness (QED) is 0.259. The van der Waals surface area contributed by atoms with Crippen LogP contribution in [0.15, 0.2) is 18.2 Å². The molecule has 0 fully saturated rings. The molecule has 1 rings (SSSR count). The number of esters is 1. The van der Waals surface area contributed by atoms with Crippen LogP contribution >= 0.6 is 0 Å². The Balaban J connectivity index is 3.25. The summed E-state index contributed by atoms with van der Waals surface area (Å²) in [5, 5.41) is 14.7. The number of amides is 3. The number of rotatable bonds is 10. The summed E-state index contributed by atoms with van der Waals surface area (Å²) < 4.78 is 10.0. The highest BCUT2D eigenvalue weighted by Gasteiger charge is 2.36. The molecule has 2 atom stereocenters. The molecular weight excluding hydrogens is 454 g/mol. The molecule has 3 N–H and O–H groups in total. The van der Waals surface area contributed by atoms with Crippen molar-refractivity contribution in [3.63, 3.8) is 0 Å². The maximum atomic E-state index is 13.3. The molecule has 10 heteroatoms. The average Bonchev–Trinajstić information content (AvgIpc) is 2.75. The number of benzene rings is 1. The summed E-state index contributed by atoms with van der Waals surface area (Å²) in [6.07, 6.45) is 4.65. The summed E-state index contributed by atoms with van der Waals surface area (Å²) in [4.78, 5) is 51.1. The number of hydrogen-bond acceptors (Lipinski definition) is 7. The van der Waals surface area contributed by atoms with E-state index in [-0.39, 0.29) is 19.6 Å². The lowest BCUT2D eigenvalue weighted by atomic mass is 9.97. The number of carbonyl (C=O) groups is 4. The van der Waals surface area contributed by atoms with Crippen molar-refractivity contribution >= 4 is 23.9 Å². The first kappa shape index (κ1) is 29.5. The first-order valence-corrected chi connectivity index (χ1v) is 11.2. The fraction of sp³-hybridized carbons (Fsp3) is 0.520. The number of terminal acetylenes is 1. The van der Waals surface area contributed by atoms with E-state index in [1.54, 1.807) is 46.8 Å². The SMILES string of the molecule is C#CN(C(=O)C(CO)NC(=O)OC(C)(C)C)C(C(=O)NCCC(=O)OCC)c1ccc(C)cc1C. The van der Waals surface area contributed by atoms with E-state index in [1.165, 1.54) is 0 Å². The molecular formula is C25H35N3O7. The van der Waals surface area contributed by atoms with Crippen LogP contribution in [-0.4, -0.2) is 65.3 Å². The maximum Gasteiger partial charge on any atom is 0.408 e. The predicted octanol–water partition coefficient (Wildman–Crippen LogP) is 1.72. The van der Waals surface area contributed by atoms with Gasteiger partial charge in [-0.3, -0.25) is 19.3 Å². The Bertz CT molecular complexity index is 963. The van der Waals surface area contributed by atoms with Crippen LogP contribution in [0.2, 0.25) is 0 Å². The van der Waals surface area contributed by atoms with Gasteiger partial charge in [0.2, 0.25) is 5.91 Å². The van der Waals surface area contributed by atoms with Gasteiger partial charge < -0.3 is 25.2 Å². The number of aliphatic hydroxyl groups is 1. The predicted molar refractivity (Wildman–Crippen MR) is 129 cm³/mol. The molecule has 0 bridgehead atoms. The van der Waals surface area contributed by atoms with Crippen molar-refractivity contribution in [1.82, 2.24) is 15.5 Å². The highest BCUT2D eigenvalue weighted by atomic mass is 16.6. The Morgan fingerprint density at radius 1 is 1.20 bits per heavy atom. The first-order valence-electron chi connectivity index (χ1n) is 11.2. The van der Waals surface area contributed by atoms with Crippen molar-refractivity contribution in [3.05, 3.63) is 34.9 Å². The number of hydrogen-bond donors (Lipinski definition) is 3. The molecule has 0 saturated heterocycles. The van der Waals surface area contributed by atoms with Crippen LogP contribution in [0.4, 0.5) is 4.79 Å². The number of ether oxygens (including phenoxy) is 2. The minimum absolute atomic E-state index is 0.0364. The molecule has 0 heterocycles. The standard InChI is InChI=1S/C25H35N3O7/c1-8-28(23(32)19(15-29)27-24(33)35-25(5,6)7)21(18-11-10-16(3)14-17(18)4)22(31)26-13-12-20(30)34-9-2/h1,10-11,14,19,21,29H,9,12-13,15H2,2-7H3,(H,26,31)(H,27,33). The first-order chi connectivity index (χ1) is 16.3. The Hall–Kier alpha value is -3.58. The molecule has 10 nitrogen and oxygen atoms in total. The largest absolute Gasteiger partial charge is 0.466 e. The Kier molecular flexibility index (Phi) is 11.2. The number of carbonyl (C=O) groups excluding carboxylic acids is 4. The molecule has 0 saturated carbocycles. The zero-order valence-electron chi connectivity index (χ0n) is 21.1. The maximum absolute atomic E-state index is 13.3. The van der Waals surface area contributed by atoms with E-state index in [1.807, 2.05) is 13.0 Å². The monoisotopic (exact) mass is 489 g/mol. The zero-order valence-corrected chi connectivity index (χ0v) is 21.1. The smallest absolute Gasteiger partial charge is 0.408 e. The lowest BCUT2D eigenvalue weighted by Crippen LogP contribution is -2.53. The second-order valence-corrected chi connectivity index (χ2v) is 8.83. The summed E-state index contributed by atoms with van der Waals surface area (Å²) in [6.45, 7) is 9.65. The highest BCUT2D eigenvalue weighted by Crippen LogP contribution is 2.26. The van der Waals surface area contributed by atoms with Crippen molar-refractivity contribution in [1.29, 1.82) is 0 Å². The average molecular weight is 490 g/mol. The van der Waals surface area contributed by atoms with Crippen LogP contribution in [-0.2, 0) is 23.9 Å². The van der Waals surface area contributed by atoms with Crippen molar-refractivity contribution in [2.24, 2.45) is 0 Å². The van der Waals surface area contributed by atoms with E-state index in [0.29, 0.717) is 11.1 Å². The zero-order chi connectivity index (χ0) is 26.8. The van der Waals surface area contributed by atoms with E-state index in [0.717, 1.165) is 10.5 Å². The van der Waals surface area contributed by atoms with Gasteiger partial charge in [-0.1, -0.05) is 30.2 Å². The van der Waals surface area contributed by atoms with Gasteiger partial charge >= 0.3 is 12.1 Å². The highest BCUT2D eigenvalue weighted by molar-refractivity contribution is 5.93. The van der Waals surface area contributed by atoms with Gasteiger partial charge in [0.15, 0.2) is 0 Å². The minimum Gasteiger partial charge on any atom is -0.466 e. The van der Waals surface area contributed by atoms with Gasteiger partial charge in [0, 0.05) is 12.6 Å². The fourth-order valence-corrected chi connectivity index (χ4v) is 3.22. The molecule has 0 aliphatic rings. The van der Waals surface area contributed by atoms with Crippen LogP contribution in [0, 0.1) is 26.3 Å². The number of nitrogens with zero attached hydrogens (tertiary/aromatic N) is 1. The molecule has 1 aromatic carbocycles. The van der Waals surface area contributed by atoms with Crippen LogP contribution < -0.4 is 10.6 Å². The van der Waals surface area contributed by atoms with Gasteiger partial charge in [0.05, 0.1) is 19.6 Å². The van der Waals surface area contributed by atoms with Crippen molar-refractivity contribution < 1.29 is 33.8 Å². The van der Waals surface area contributed by atoms with Crippen molar-refractivity contribution in [3.8, 4) is 12.5 Å². The molecule has 0 aliphatic heterocycles. The fourth-order valence-electron chi connectivity index (χ4n) is 3.22. The number of alkyl carbamates (subject to hydrolysis) is 1. The molecule has 0 spiro atoms. The summed E-state index contributed by atoms with van der Waals surface area (Å²) in [6, 6.07) is 4.73. The van der Waals surface area contributed by atoms with E-state index in [9.17, 15) is 24.3 Å². The van der Waals surface area contributed by atoms with Gasteiger partial charge in [-0.15, -0.1) is 0 Å². The molecule has 192 valence electrons. The molecule has 0 radical (unpaired) electrons. The van der Waals surface area contributed by atoms with Crippen LogP contribution in [0.25, 0.3) is 0 Å². The number of aliphatic hydroxyl groups excluding tert-OH is 1. The summed E-state index contributed by atoms with van der Waals surface area (Å²) in [5.41, 5.74) is 1.25. The number of nitrogens with one attached hydrogen (secondary N) is 2. The van der Waals surface area contributed by atoms with Crippen LogP contribution in [0.3, 0.4) is 0 Å². The topological polar surface area (TPSA) is 134 Å². The normalized spacial score (nSPS) is 12.5. The van der Waals surface area contributed by atoms with Gasteiger partial charge in [0.25, 0.3) is 5.91 Å². The van der Waals surface area contributed by atoms with Gasteiger partial charge in [0.1, 0.15) is 17.7 Å². The van der Waals surface area contributed by atoms with E-state index < -0.39 is 48.2 Å². The third kappa shape index (κ3) is 9.29. The summed E-state index contributed by atoms with van der Waals surface area (Å²) >= 11 is 0. The van der Waals surface area contributed by atoms with Gasteiger partial charge in [-0.2, -0.15) is 0 Å². The lowest BCUT2D eigenvalue weighted by molar-refractivity contribution is -0.143. The molecule has 2 unspecified atom stereocenters. The third-order valence-corrected chi connectivity index (χ3v) is 4.71. The molecule has 35 heavy (non-hydrogen) atoms. The lowest BCUT2D eigenvalue weighted by Gasteiger charge is -2.30. The summed E-state index contributed by atoms with van der Waals surface area (Å²) in [5.74, 6) is -2.00.